The number of amides is 4. The lowest BCUT2D eigenvalue weighted by Gasteiger charge is -2.44. The molecule has 216 valence electrons. The zero-order valence-electron chi connectivity index (χ0n) is 24.2. The summed E-state index contributed by atoms with van der Waals surface area (Å²) in [5.74, 6) is -1.18. The Hall–Kier alpha value is -3.10. The van der Waals surface area contributed by atoms with Gasteiger partial charge in [0.15, 0.2) is 0 Å². The monoisotopic (exact) mass is 542 g/mol. The molecule has 2 unspecified atom stereocenters. The van der Waals surface area contributed by atoms with Gasteiger partial charge in [-0.3, -0.25) is 14.4 Å². The van der Waals surface area contributed by atoms with E-state index in [2.05, 4.69) is 10.6 Å². The van der Waals surface area contributed by atoms with E-state index in [1.54, 1.807) is 25.7 Å². The van der Waals surface area contributed by atoms with Gasteiger partial charge in [-0.05, 0) is 89.8 Å². The number of alkyl carbamates (subject to hydrolysis) is 1. The molecule has 3 rings (SSSR count). The fraction of sp³-hybridized carbons (Fsp3) is 0.667. The molecule has 0 aromatic heterocycles. The minimum absolute atomic E-state index is 0.0142. The predicted octanol–water partition coefficient (Wildman–Crippen LogP) is 4.33. The van der Waals surface area contributed by atoms with Crippen molar-refractivity contribution in [2.75, 3.05) is 0 Å². The van der Waals surface area contributed by atoms with Crippen molar-refractivity contribution in [1.82, 2.24) is 15.5 Å². The Morgan fingerprint density at radius 3 is 2.13 bits per heavy atom. The maximum atomic E-state index is 14.3. The Labute approximate surface area is 232 Å². The lowest BCUT2D eigenvalue weighted by atomic mass is 9.85. The number of rotatable bonds is 10. The Morgan fingerprint density at radius 1 is 1.00 bits per heavy atom. The van der Waals surface area contributed by atoms with Gasteiger partial charge in [0.1, 0.15) is 17.7 Å². The van der Waals surface area contributed by atoms with Crippen molar-refractivity contribution in [3.63, 3.8) is 0 Å². The lowest BCUT2D eigenvalue weighted by molar-refractivity contribution is -0.148. The molecular weight excluding hydrogens is 496 g/mol. The number of nitrogens with zero attached hydrogens (tertiary/aromatic N) is 1. The summed E-state index contributed by atoms with van der Waals surface area (Å²) in [5, 5.41) is 5.93. The quantitative estimate of drug-likeness (QED) is 0.405. The number of nitrogens with two attached hydrogens (primary N) is 1. The second kappa shape index (κ2) is 13.3. The van der Waals surface area contributed by atoms with Crippen LogP contribution >= 0.6 is 0 Å². The summed E-state index contributed by atoms with van der Waals surface area (Å²) >= 11 is 0. The smallest absolute Gasteiger partial charge is 0.408 e. The van der Waals surface area contributed by atoms with E-state index in [0.717, 1.165) is 68.1 Å². The predicted molar refractivity (Wildman–Crippen MR) is 150 cm³/mol. The van der Waals surface area contributed by atoms with Crippen LogP contribution in [0.25, 0.3) is 0 Å². The maximum absolute atomic E-state index is 14.3. The van der Waals surface area contributed by atoms with Crippen LogP contribution in [0.1, 0.15) is 108 Å². The number of hydrogen-bond donors (Lipinski definition) is 3. The summed E-state index contributed by atoms with van der Waals surface area (Å²) < 4.78 is 5.42. The summed E-state index contributed by atoms with van der Waals surface area (Å²) in [6.07, 6.45) is 6.78. The summed E-state index contributed by atoms with van der Waals surface area (Å²) in [6.45, 7) is 9.12. The molecule has 0 bridgehead atoms. The first-order chi connectivity index (χ1) is 18.4. The molecule has 4 amide bonds. The summed E-state index contributed by atoms with van der Waals surface area (Å²) in [4.78, 5) is 54.5. The number of carbonyl (C=O) groups is 4. The highest BCUT2D eigenvalue weighted by Gasteiger charge is 2.43. The second-order valence-electron chi connectivity index (χ2n) is 12.1. The van der Waals surface area contributed by atoms with Gasteiger partial charge in [-0.25, -0.2) is 4.79 Å². The van der Waals surface area contributed by atoms with Crippen LogP contribution in [0.3, 0.4) is 0 Å². The van der Waals surface area contributed by atoms with E-state index in [0.29, 0.717) is 0 Å². The average molecular weight is 543 g/mol. The molecule has 0 saturated heterocycles. The largest absolute Gasteiger partial charge is 0.444 e. The molecule has 2 fully saturated rings. The van der Waals surface area contributed by atoms with E-state index in [4.69, 9.17) is 10.5 Å². The van der Waals surface area contributed by atoms with Crippen molar-refractivity contribution in [3.05, 3.63) is 34.9 Å². The van der Waals surface area contributed by atoms with E-state index in [9.17, 15) is 19.2 Å². The van der Waals surface area contributed by atoms with Gasteiger partial charge in [-0.1, -0.05) is 37.5 Å². The second-order valence-corrected chi connectivity index (χ2v) is 12.1. The molecule has 0 aliphatic heterocycles. The van der Waals surface area contributed by atoms with Gasteiger partial charge >= 0.3 is 6.09 Å². The van der Waals surface area contributed by atoms with Gasteiger partial charge in [0.25, 0.3) is 0 Å². The van der Waals surface area contributed by atoms with E-state index in [1.807, 2.05) is 32.0 Å². The molecule has 39 heavy (non-hydrogen) atoms. The van der Waals surface area contributed by atoms with Crippen molar-refractivity contribution >= 4 is 23.8 Å². The Bertz CT molecular complexity index is 1020. The van der Waals surface area contributed by atoms with Crippen LogP contribution in [0, 0.1) is 13.8 Å². The standard InChI is InChI=1S/C30H46N4O5/c1-19-11-9-12-20(2)25(19)26(27(36)32-21-13-7-6-8-14-21)34(22-15-10-16-22)28(37)23(17-18-24(31)35)33-29(38)39-30(3,4)5/h9,11-12,21-23,26H,6-8,10,13-18H2,1-5H3,(H2,31,35)(H,32,36)(H,33,38). The van der Waals surface area contributed by atoms with Crippen LogP contribution in [0.15, 0.2) is 18.2 Å². The first-order valence-corrected chi connectivity index (χ1v) is 14.3. The van der Waals surface area contributed by atoms with Crippen LogP contribution in [0.4, 0.5) is 4.79 Å². The average Bonchev–Trinajstić information content (AvgIpc) is 2.80. The van der Waals surface area contributed by atoms with Crippen molar-refractivity contribution in [3.8, 4) is 0 Å². The SMILES string of the molecule is Cc1cccc(C)c1C(C(=O)NC1CCCCC1)N(C(=O)C(CCC(N)=O)NC(=O)OC(C)(C)C)C1CCC1. The lowest BCUT2D eigenvalue weighted by Crippen LogP contribution is -2.58. The maximum Gasteiger partial charge on any atom is 0.408 e. The molecule has 0 spiro atoms. The van der Waals surface area contributed by atoms with Gasteiger partial charge < -0.3 is 26.0 Å². The zero-order chi connectivity index (χ0) is 28.7. The van der Waals surface area contributed by atoms with E-state index in [1.165, 1.54) is 0 Å². The molecule has 2 aliphatic carbocycles. The minimum atomic E-state index is -1.07. The molecule has 1 aromatic carbocycles. The van der Waals surface area contributed by atoms with Gasteiger partial charge in [0.05, 0.1) is 0 Å². The van der Waals surface area contributed by atoms with Crippen molar-refractivity contribution < 1.29 is 23.9 Å². The van der Waals surface area contributed by atoms with Crippen molar-refractivity contribution in [2.24, 2.45) is 5.73 Å². The van der Waals surface area contributed by atoms with E-state index < -0.39 is 35.6 Å². The third-order valence-electron chi connectivity index (χ3n) is 7.68. The Kier molecular flexibility index (Phi) is 10.4. The fourth-order valence-electron chi connectivity index (χ4n) is 5.54. The normalized spacial score (nSPS) is 17.9. The highest BCUT2D eigenvalue weighted by Crippen LogP contribution is 2.36. The first-order valence-electron chi connectivity index (χ1n) is 14.3. The van der Waals surface area contributed by atoms with Crippen molar-refractivity contribution in [2.45, 2.75) is 129 Å². The van der Waals surface area contributed by atoms with Gasteiger partial charge in [0, 0.05) is 18.5 Å². The van der Waals surface area contributed by atoms with Crippen molar-refractivity contribution in [1.29, 1.82) is 0 Å². The molecule has 9 heteroatoms. The molecule has 2 saturated carbocycles. The molecule has 0 heterocycles. The molecule has 4 N–H and O–H groups in total. The highest BCUT2D eigenvalue weighted by atomic mass is 16.6. The summed E-state index contributed by atoms with van der Waals surface area (Å²) in [5.41, 5.74) is 7.29. The van der Waals surface area contributed by atoms with E-state index in [-0.39, 0.29) is 30.8 Å². The molecule has 1 aromatic rings. The summed E-state index contributed by atoms with van der Waals surface area (Å²) in [6, 6.07) is 3.84. The summed E-state index contributed by atoms with van der Waals surface area (Å²) in [7, 11) is 0. The number of benzene rings is 1. The first kappa shape index (κ1) is 30.4. The van der Waals surface area contributed by atoms with Crippen LogP contribution in [-0.4, -0.2) is 52.4 Å². The third-order valence-corrected chi connectivity index (χ3v) is 7.68. The van der Waals surface area contributed by atoms with Gasteiger partial charge in [0.2, 0.25) is 17.7 Å². The fourth-order valence-corrected chi connectivity index (χ4v) is 5.54. The third kappa shape index (κ3) is 8.44. The molecule has 0 radical (unpaired) electrons. The Balaban J connectivity index is 2.02. The number of ether oxygens (including phenoxy) is 1. The number of aryl methyl sites for hydroxylation is 2. The Morgan fingerprint density at radius 2 is 1.62 bits per heavy atom. The van der Waals surface area contributed by atoms with Gasteiger partial charge in [-0.15, -0.1) is 0 Å². The zero-order valence-corrected chi connectivity index (χ0v) is 24.2. The molecule has 2 aliphatic rings. The highest BCUT2D eigenvalue weighted by molar-refractivity contribution is 5.93. The van der Waals surface area contributed by atoms with Crippen LogP contribution in [0.5, 0.6) is 0 Å². The van der Waals surface area contributed by atoms with Crippen LogP contribution in [-0.2, 0) is 19.1 Å². The topological polar surface area (TPSA) is 131 Å². The molecular formula is C30H46N4O5. The number of nitrogens with one attached hydrogen (secondary N) is 2. The number of carbonyl (C=O) groups excluding carboxylic acids is 4. The number of hydrogen-bond acceptors (Lipinski definition) is 5. The number of primary amides is 1. The van der Waals surface area contributed by atoms with E-state index >= 15 is 0 Å². The van der Waals surface area contributed by atoms with Gasteiger partial charge in [-0.2, -0.15) is 0 Å². The molecule has 2 atom stereocenters. The minimum Gasteiger partial charge on any atom is -0.444 e. The molecule has 9 nitrogen and oxygen atoms in total. The van der Waals surface area contributed by atoms with Crippen LogP contribution in [0.2, 0.25) is 0 Å². The van der Waals surface area contributed by atoms with Crippen LogP contribution < -0.4 is 16.4 Å².